The van der Waals surface area contributed by atoms with Crippen LogP contribution in [0.5, 0.6) is 0 Å². The molecule has 16 heavy (non-hydrogen) atoms. The second kappa shape index (κ2) is 6.83. The van der Waals surface area contributed by atoms with Gasteiger partial charge in [-0.1, -0.05) is 0 Å². The lowest BCUT2D eigenvalue weighted by Gasteiger charge is -2.25. The Morgan fingerprint density at radius 3 is 2.50 bits per heavy atom. The van der Waals surface area contributed by atoms with Crippen LogP contribution in [0.4, 0.5) is 0 Å². The van der Waals surface area contributed by atoms with Crippen molar-refractivity contribution >= 4 is 5.97 Å². The average Bonchev–Trinajstić information content (AvgIpc) is 2.20. The second-order valence-corrected chi connectivity index (χ2v) is 4.58. The number of carbonyl (C=O) groups is 1. The summed E-state index contributed by atoms with van der Waals surface area (Å²) < 4.78 is 0. The van der Waals surface area contributed by atoms with Gasteiger partial charge in [0.25, 0.3) is 0 Å². The molecule has 1 rings (SSSR count). The van der Waals surface area contributed by atoms with Gasteiger partial charge in [0.2, 0.25) is 0 Å². The lowest BCUT2D eigenvalue weighted by Crippen LogP contribution is -2.34. The summed E-state index contributed by atoms with van der Waals surface area (Å²) >= 11 is 0. The van der Waals surface area contributed by atoms with Gasteiger partial charge in [0.15, 0.2) is 0 Å². The molecular formula is C11H21NO4. The zero-order chi connectivity index (χ0) is 12.0. The van der Waals surface area contributed by atoms with Gasteiger partial charge in [-0.15, -0.1) is 0 Å². The number of hydrogen-bond donors (Lipinski definition) is 4. The number of rotatable bonds is 6. The van der Waals surface area contributed by atoms with E-state index in [1.54, 1.807) is 0 Å². The molecule has 0 radical (unpaired) electrons. The quantitative estimate of drug-likeness (QED) is 0.515. The van der Waals surface area contributed by atoms with E-state index < -0.39 is 12.1 Å². The topological polar surface area (TPSA) is 89.8 Å². The summed E-state index contributed by atoms with van der Waals surface area (Å²) in [7, 11) is 0. The van der Waals surface area contributed by atoms with Gasteiger partial charge in [0.05, 0.1) is 18.6 Å². The Morgan fingerprint density at radius 1 is 1.31 bits per heavy atom. The number of hydrogen-bond acceptors (Lipinski definition) is 4. The SMILES string of the molecule is O=C(O)CC(O)CNCC1CCC(O)CC1. The lowest BCUT2D eigenvalue weighted by atomic mass is 9.87. The number of carboxylic acid groups (broad SMARTS) is 1. The van der Waals surface area contributed by atoms with Gasteiger partial charge in [-0.05, 0) is 38.1 Å². The van der Waals surface area contributed by atoms with Crippen LogP contribution >= 0.6 is 0 Å². The molecule has 1 unspecified atom stereocenters. The van der Waals surface area contributed by atoms with Crippen LogP contribution < -0.4 is 5.32 Å². The summed E-state index contributed by atoms with van der Waals surface area (Å²) in [6.45, 7) is 1.12. The van der Waals surface area contributed by atoms with E-state index in [2.05, 4.69) is 5.32 Å². The minimum absolute atomic E-state index is 0.145. The normalized spacial score (nSPS) is 27.6. The highest BCUT2D eigenvalue weighted by molar-refractivity contribution is 5.67. The summed E-state index contributed by atoms with van der Waals surface area (Å²) in [6.07, 6.45) is 2.54. The largest absolute Gasteiger partial charge is 0.481 e. The van der Waals surface area contributed by atoms with E-state index in [0.29, 0.717) is 12.5 Å². The molecule has 5 heteroatoms. The molecule has 0 heterocycles. The Hall–Kier alpha value is -0.650. The molecule has 1 fully saturated rings. The smallest absolute Gasteiger partial charge is 0.306 e. The van der Waals surface area contributed by atoms with E-state index in [9.17, 15) is 15.0 Å². The molecule has 4 N–H and O–H groups in total. The zero-order valence-corrected chi connectivity index (χ0v) is 9.43. The molecule has 0 saturated heterocycles. The van der Waals surface area contributed by atoms with Crippen molar-refractivity contribution in [1.82, 2.24) is 5.32 Å². The summed E-state index contributed by atoms with van der Waals surface area (Å²) in [5.41, 5.74) is 0. The molecule has 1 aliphatic rings. The van der Waals surface area contributed by atoms with Crippen LogP contribution in [0.3, 0.4) is 0 Å². The fraction of sp³-hybridized carbons (Fsp3) is 0.909. The van der Waals surface area contributed by atoms with E-state index in [1.165, 1.54) is 0 Å². The fourth-order valence-electron chi connectivity index (χ4n) is 2.08. The predicted molar refractivity (Wildman–Crippen MR) is 59.1 cm³/mol. The first kappa shape index (κ1) is 13.4. The Labute approximate surface area is 95.5 Å². The average molecular weight is 231 g/mol. The Bertz CT molecular complexity index is 214. The molecule has 0 spiro atoms. The number of aliphatic hydroxyl groups is 2. The lowest BCUT2D eigenvalue weighted by molar-refractivity contribution is -0.139. The standard InChI is InChI=1S/C11H21NO4/c13-9-3-1-8(2-4-9)6-12-7-10(14)5-11(15)16/h8-10,12-14H,1-7H2,(H,15,16). The van der Waals surface area contributed by atoms with Crippen LogP contribution in [0, 0.1) is 5.92 Å². The van der Waals surface area contributed by atoms with E-state index in [1.807, 2.05) is 0 Å². The monoisotopic (exact) mass is 231 g/mol. The third-order valence-corrected chi connectivity index (χ3v) is 3.04. The number of aliphatic hydroxyl groups excluding tert-OH is 2. The molecule has 5 nitrogen and oxygen atoms in total. The number of aliphatic carboxylic acids is 1. The molecule has 0 aromatic rings. The first-order chi connectivity index (χ1) is 7.58. The van der Waals surface area contributed by atoms with Gasteiger partial charge >= 0.3 is 5.97 Å². The van der Waals surface area contributed by atoms with Crippen LogP contribution in [0.1, 0.15) is 32.1 Å². The predicted octanol–water partition coefficient (Wildman–Crippen LogP) is -0.0373. The fourth-order valence-corrected chi connectivity index (χ4v) is 2.08. The van der Waals surface area contributed by atoms with Crippen LogP contribution in [-0.4, -0.2) is 46.6 Å². The highest BCUT2D eigenvalue weighted by atomic mass is 16.4. The van der Waals surface area contributed by atoms with Crippen molar-refractivity contribution in [1.29, 1.82) is 0 Å². The van der Waals surface area contributed by atoms with Crippen LogP contribution in [0.25, 0.3) is 0 Å². The summed E-state index contributed by atoms with van der Waals surface area (Å²) in [5.74, 6) is -0.435. The van der Waals surface area contributed by atoms with Crippen LogP contribution in [0.15, 0.2) is 0 Å². The molecular weight excluding hydrogens is 210 g/mol. The summed E-state index contributed by atoms with van der Waals surface area (Å²) in [5, 5.41) is 30.1. The molecule has 0 aromatic carbocycles. The highest BCUT2D eigenvalue weighted by Crippen LogP contribution is 2.23. The van der Waals surface area contributed by atoms with Crippen molar-refractivity contribution in [3.8, 4) is 0 Å². The maximum atomic E-state index is 10.3. The minimum atomic E-state index is -0.977. The van der Waals surface area contributed by atoms with Gasteiger partial charge in [-0.25, -0.2) is 0 Å². The maximum absolute atomic E-state index is 10.3. The van der Waals surface area contributed by atoms with Gasteiger partial charge in [0.1, 0.15) is 0 Å². The zero-order valence-electron chi connectivity index (χ0n) is 9.43. The maximum Gasteiger partial charge on any atom is 0.306 e. The first-order valence-electron chi connectivity index (χ1n) is 5.86. The molecule has 0 aliphatic heterocycles. The molecule has 1 aliphatic carbocycles. The van der Waals surface area contributed by atoms with Crippen LogP contribution in [-0.2, 0) is 4.79 Å². The van der Waals surface area contributed by atoms with Gasteiger partial charge in [0, 0.05) is 6.54 Å². The first-order valence-corrected chi connectivity index (χ1v) is 5.86. The third-order valence-electron chi connectivity index (χ3n) is 3.04. The Morgan fingerprint density at radius 2 is 1.94 bits per heavy atom. The highest BCUT2D eigenvalue weighted by Gasteiger charge is 2.19. The number of nitrogens with one attached hydrogen (secondary N) is 1. The van der Waals surface area contributed by atoms with Crippen LogP contribution in [0.2, 0.25) is 0 Å². The molecule has 0 bridgehead atoms. The van der Waals surface area contributed by atoms with Crippen molar-refractivity contribution in [2.75, 3.05) is 13.1 Å². The molecule has 94 valence electrons. The third kappa shape index (κ3) is 5.44. The van der Waals surface area contributed by atoms with Crippen molar-refractivity contribution in [2.24, 2.45) is 5.92 Å². The summed E-state index contributed by atoms with van der Waals surface area (Å²) in [6, 6.07) is 0. The summed E-state index contributed by atoms with van der Waals surface area (Å²) in [4.78, 5) is 10.3. The van der Waals surface area contributed by atoms with Crippen molar-refractivity contribution < 1.29 is 20.1 Å². The molecule has 0 aromatic heterocycles. The molecule has 0 amide bonds. The van der Waals surface area contributed by atoms with E-state index in [4.69, 9.17) is 5.11 Å². The van der Waals surface area contributed by atoms with Crippen molar-refractivity contribution in [3.63, 3.8) is 0 Å². The van der Waals surface area contributed by atoms with E-state index in [-0.39, 0.29) is 12.5 Å². The van der Waals surface area contributed by atoms with E-state index in [0.717, 1.165) is 32.2 Å². The van der Waals surface area contributed by atoms with Gasteiger partial charge in [-0.2, -0.15) is 0 Å². The Kier molecular flexibility index (Phi) is 5.73. The molecule has 1 atom stereocenters. The van der Waals surface area contributed by atoms with Crippen molar-refractivity contribution in [2.45, 2.75) is 44.3 Å². The second-order valence-electron chi connectivity index (χ2n) is 4.58. The minimum Gasteiger partial charge on any atom is -0.481 e. The van der Waals surface area contributed by atoms with Crippen molar-refractivity contribution in [3.05, 3.63) is 0 Å². The molecule has 1 saturated carbocycles. The van der Waals surface area contributed by atoms with Gasteiger partial charge in [-0.3, -0.25) is 4.79 Å². The number of carboxylic acids is 1. The van der Waals surface area contributed by atoms with Gasteiger partial charge < -0.3 is 20.6 Å². The Balaban J connectivity index is 2.04. The van der Waals surface area contributed by atoms with E-state index >= 15 is 0 Å².